The normalized spacial score (nSPS) is 17.5. The van der Waals surface area contributed by atoms with E-state index in [4.69, 9.17) is 11.6 Å². The van der Waals surface area contributed by atoms with Gasteiger partial charge in [0.05, 0.1) is 12.3 Å². The number of benzene rings is 1. The smallest absolute Gasteiger partial charge is 0.177 e. The Morgan fingerprint density at radius 1 is 1.47 bits per heavy atom. The van der Waals surface area contributed by atoms with Gasteiger partial charge in [-0.15, -0.1) is 6.58 Å². The van der Waals surface area contributed by atoms with Crippen LogP contribution in [0.5, 0.6) is 0 Å². The van der Waals surface area contributed by atoms with Gasteiger partial charge in [0.2, 0.25) is 0 Å². The summed E-state index contributed by atoms with van der Waals surface area (Å²) in [6.45, 7) is 4.24. The van der Waals surface area contributed by atoms with Crippen molar-refractivity contribution in [2.45, 2.75) is 0 Å². The molecule has 1 aromatic rings. The second-order valence-electron chi connectivity index (χ2n) is 3.40. The van der Waals surface area contributed by atoms with Gasteiger partial charge in [-0.1, -0.05) is 41.6 Å². The maximum absolute atomic E-state index is 5.84. The molecule has 1 aromatic carbocycles. The molecule has 88 valence electrons. The van der Waals surface area contributed by atoms with E-state index in [0.717, 1.165) is 27.2 Å². The number of nitrogens with zero attached hydrogens (tertiary/aromatic N) is 2. The number of hydrazone groups is 1. The summed E-state index contributed by atoms with van der Waals surface area (Å²) in [5.41, 5.74) is 5.02. The summed E-state index contributed by atoms with van der Waals surface area (Å²) < 4.78 is 0. The van der Waals surface area contributed by atoms with Gasteiger partial charge < -0.3 is 0 Å². The molecule has 0 unspecified atom stereocenters. The van der Waals surface area contributed by atoms with E-state index in [-0.39, 0.29) is 0 Å². The lowest BCUT2D eigenvalue weighted by Crippen LogP contribution is -2.25. The summed E-state index contributed by atoms with van der Waals surface area (Å²) >= 11 is 7.48. The molecular weight excluding hydrogens is 254 g/mol. The Labute approximate surface area is 110 Å². The molecule has 0 aliphatic carbocycles. The molecule has 0 radical (unpaired) electrons. The molecule has 1 N–H and O–H groups in total. The maximum Gasteiger partial charge on any atom is 0.177 e. The highest BCUT2D eigenvalue weighted by Gasteiger charge is 2.12. The van der Waals surface area contributed by atoms with E-state index in [1.54, 1.807) is 17.8 Å². The summed E-state index contributed by atoms with van der Waals surface area (Å²) in [5, 5.41) is 5.87. The summed E-state index contributed by atoms with van der Waals surface area (Å²) in [6, 6.07) is 7.67. The molecule has 0 spiro atoms. The monoisotopic (exact) mass is 265 g/mol. The van der Waals surface area contributed by atoms with E-state index in [1.165, 1.54) is 0 Å². The van der Waals surface area contributed by atoms with Crippen LogP contribution >= 0.6 is 23.4 Å². The van der Waals surface area contributed by atoms with E-state index in [9.17, 15) is 0 Å². The van der Waals surface area contributed by atoms with E-state index in [2.05, 4.69) is 22.1 Å². The fourth-order valence-electron chi connectivity index (χ4n) is 1.34. The minimum Gasteiger partial charge on any atom is -0.257 e. The van der Waals surface area contributed by atoms with Crippen molar-refractivity contribution in [3.05, 3.63) is 47.5 Å². The fourth-order valence-corrected chi connectivity index (χ4v) is 2.24. The summed E-state index contributed by atoms with van der Waals surface area (Å²) in [6.07, 6.45) is 1.76. The third-order valence-corrected chi connectivity index (χ3v) is 3.34. The molecule has 5 heteroatoms. The zero-order valence-electron chi connectivity index (χ0n) is 9.19. The predicted molar refractivity (Wildman–Crippen MR) is 76.1 cm³/mol. The third kappa shape index (κ3) is 3.35. The Morgan fingerprint density at radius 3 is 2.82 bits per heavy atom. The van der Waals surface area contributed by atoms with Crippen molar-refractivity contribution in [2.24, 2.45) is 10.1 Å². The van der Waals surface area contributed by atoms with Gasteiger partial charge in [-0.2, -0.15) is 5.10 Å². The first-order valence-electron chi connectivity index (χ1n) is 5.16. The van der Waals surface area contributed by atoms with Crippen LogP contribution in [0.15, 0.2) is 47.0 Å². The molecule has 17 heavy (non-hydrogen) atoms. The third-order valence-electron chi connectivity index (χ3n) is 2.17. The molecule has 0 atom stereocenters. The lowest BCUT2D eigenvalue weighted by Gasteiger charge is -2.14. The number of aliphatic imine (C=N–C) groups is 1. The van der Waals surface area contributed by atoms with Crippen molar-refractivity contribution < 1.29 is 0 Å². The van der Waals surface area contributed by atoms with Crippen LogP contribution in [0.3, 0.4) is 0 Å². The van der Waals surface area contributed by atoms with E-state index in [0.29, 0.717) is 6.54 Å². The Bertz CT molecular complexity index is 465. The topological polar surface area (TPSA) is 36.8 Å². The number of amidine groups is 1. The van der Waals surface area contributed by atoms with Crippen molar-refractivity contribution in [1.29, 1.82) is 0 Å². The molecule has 2 rings (SSSR count). The van der Waals surface area contributed by atoms with Crippen LogP contribution in [0, 0.1) is 0 Å². The summed E-state index contributed by atoms with van der Waals surface area (Å²) in [4.78, 5) is 4.27. The van der Waals surface area contributed by atoms with Gasteiger partial charge in [0.15, 0.2) is 5.17 Å². The Hall–Kier alpha value is -1.26. The number of thioether (sulfide) groups is 1. The van der Waals surface area contributed by atoms with Gasteiger partial charge in [0, 0.05) is 10.8 Å². The first-order chi connectivity index (χ1) is 8.29. The van der Waals surface area contributed by atoms with Gasteiger partial charge >= 0.3 is 0 Å². The van der Waals surface area contributed by atoms with Crippen molar-refractivity contribution >= 4 is 34.2 Å². The Morgan fingerprint density at radius 2 is 2.24 bits per heavy atom. The summed E-state index contributed by atoms with van der Waals surface area (Å²) in [5.74, 6) is 0.810. The Kier molecular flexibility index (Phi) is 4.23. The molecule has 1 aliphatic heterocycles. The zero-order chi connectivity index (χ0) is 12.1. The van der Waals surface area contributed by atoms with Crippen LogP contribution in [-0.4, -0.2) is 23.2 Å². The minimum absolute atomic E-state index is 0.612. The number of hydrogen-bond acceptors (Lipinski definition) is 3. The molecule has 3 nitrogen and oxygen atoms in total. The molecule has 0 aromatic heterocycles. The van der Waals surface area contributed by atoms with Crippen LogP contribution in [0.2, 0.25) is 5.02 Å². The fraction of sp³-hybridized carbons (Fsp3) is 0.167. The van der Waals surface area contributed by atoms with Crippen molar-refractivity contribution in [3.8, 4) is 0 Å². The summed E-state index contributed by atoms with van der Waals surface area (Å²) in [7, 11) is 0. The van der Waals surface area contributed by atoms with Crippen molar-refractivity contribution in [1.82, 2.24) is 5.43 Å². The van der Waals surface area contributed by atoms with E-state index < -0.39 is 0 Å². The molecule has 0 fully saturated rings. The second-order valence-corrected chi connectivity index (χ2v) is 4.80. The van der Waals surface area contributed by atoms with Crippen LogP contribution < -0.4 is 5.43 Å². The number of rotatable bonds is 3. The average Bonchev–Trinajstić information content (AvgIpc) is 2.38. The van der Waals surface area contributed by atoms with Crippen molar-refractivity contribution in [2.75, 3.05) is 12.3 Å². The predicted octanol–water partition coefficient (Wildman–Crippen LogP) is 2.92. The molecule has 0 bridgehead atoms. The van der Waals surface area contributed by atoms with Crippen LogP contribution in [0.1, 0.15) is 5.56 Å². The average molecular weight is 266 g/mol. The second kappa shape index (κ2) is 5.89. The molecule has 0 saturated heterocycles. The van der Waals surface area contributed by atoms with Crippen LogP contribution in [0.4, 0.5) is 0 Å². The molecule has 0 saturated carbocycles. The van der Waals surface area contributed by atoms with Crippen LogP contribution in [0.25, 0.3) is 0 Å². The highest BCUT2D eigenvalue weighted by molar-refractivity contribution is 8.14. The standard InChI is InChI=1S/C12H12ClN3S/c1-2-7-14-12-16-15-11(8-17-12)9-3-5-10(13)6-4-9/h2-6H,1,7-8H2,(H,14,16). The Balaban J connectivity index is 2.08. The van der Waals surface area contributed by atoms with Gasteiger partial charge in [0.1, 0.15) is 0 Å². The first kappa shape index (κ1) is 12.2. The number of nitrogens with one attached hydrogen (secondary N) is 1. The molecular formula is C12H12ClN3S. The zero-order valence-corrected chi connectivity index (χ0v) is 10.8. The lowest BCUT2D eigenvalue weighted by molar-refractivity contribution is 1.02. The van der Waals surface area contributed by atoms with Crippen LogP contribution in [-0.2, 0) is 0 Å². The largest absolute Gasteiger partial charge is 0.257 e. The van der Waals surface area contributed by atoms with Gasteiger partial charge in [-0.05, 0) is 17.7 Å². The maximum atomic E-state index is 5.84. The lowest BCUT2D eigenvalue weighted by atomic mass is 10.1. The SMILES string of the molecule is C=CCN=C1NN=C(c2ccc(Cl)cc2)CS1. The first-order valence-corrected chi connectivity index (χ1v) is 6.52. The molecule has 0 amide bonds. The van der Waals surface area contributed by atoms with Gasteiger partial charge in [-0.3, -0.25) is 10.4 Å². The van der Waals surface area contributed by atoms with Gasteiger partial charge in [-0.25, -0.2) is 0 Å². The highest BCUT2D eigenvalue weighted by Crippen LogP contribution is 2.15. The number of hydrogen-bond donors (Lipinski definition) is 1. The highest BCUT2D eigenvalue weighted by atomic mass is 35.5. The quantitative estimate of drug-likeness (QED) is 0.853. The number of halogens is 1. The van der Waals surface area contributed by atoms with Gasteiger partial charge in [0.25, 0.3) is 0 Å². The molecule has 1 heterocycles. The van der Waals surface area contributed by atoms with E-state index >= 15 is 0 Å². The van der Waals surface area contributed by atoms with Crippen molar-refractivity contribution in [3.63, 3.8) is 0 Å². The van der Waals surface area contributed by atoms with E-state index in [1.807, 2.05) is 24.3 Å². The minimum atomic E-state index is 0.612. The molecule has 1 aliphatic rings.